The maximum absolute atomic E-state index is 9.19. The van der Waals surface area contributed by atoms with E-state index in [2.05, 4.69) is 15.4 Å². The van der Waals surface area contributed by atoms with E-state index in [1.807, 2.05) is 25.1 Å². The van der Waals surface area contributed by atoms with Crippen molar-refractivity contribution in [3.63, 3.8) is 0 Å². The fourth-order valence-corrected chi connectivity index (χ4v) is 1.49. The Bertz CT molecular complexity index is 519. The second-order valence-electron chi connectivity index (χ2n) is 4.37. The van der Waals surface area contributed by atoms with Crippen LogP contribution in [0.5, 0.6) is 0 Å². The number of aryl methyl sites for hydroxylation is 1. The SMILES string of the molecule is Cc1cccc2nc(NC(C)(CO)CO)nn12. The summed E-state index contributed by atoms with van der Waals surface area (Å²) < 4.78 is 1.71. The van der Waals surface area contributed by atoms with Crippen LogP contribution in [0.4, 0.5) is 5.95 Å². The lowest BCUT2D eigenvalue weighted by atomic mass is 10.1. The Hall–Kier alpha value is -1.66. The first-order valence-electron chi connectivity index (χ1n) is 5.40. The minimum absolute atomic E-state index is 0.196. The van der Waals surface area contributed by atoms with E-state index in [9.17, 15) is 10.2 Å². The van der Waals surface area contributed by atoms with E-state index in [1.165, 1.54) is 0 Å². The summed E-state index contributed by atoms with van der Waals surface area (Å²) in [5, 5.41) is 25.6. The van der Waals surface area contributed by atoms with Crippen molar-refractivity contribution in [3.8, 4) is 0 Å². The quantitative estimate of drug-likeness (QED) is 0.706. The van der Waals surface area contributed by atoms with E-state index in [1.54, 1.807) is 11.4 Å². The van der Waals surface area contributed by atoms with Crippen LogP contribution in [0.15, 0.2) is 18.2 Å². The molecule has 3 N–H and O–H groups in total. The molecular formula is C11H16N4O2. The van der Waals surface area contributed by atoms with Crippen molar-refractivity contribution in [2.75, 3.05) is 18.5 Å². The summed E-state index contributed by atoms with van der Waals surface area (Å²) >= 11 is 0. The van der Waals surface area contributed by atoms with Crippen LogP contribution in [0, 0.1) is 6.92 Å². The molecule has 0 saturated heterocycles. The Balaban J connectivity index is 2.34. The van der Waals surface area contributed by atoms with Gasteiger partial charge in [0.15, 0.2) is 5.65 Å². The van der Waals surface area contributed by atoms with E-state index in [-0.39, 0.29) is 13.2 Å². The number of nitrogens with zero attached hydrogens (tertiary/aromatic N) is 3. The molecule has 6 nitrogen and oxygen atoms in total. The lowest BCUT2D eigenvalue weighted by Crippen LogP contribution is -2.42. The number of fused-ring (bicyclic) bond motifs is 1. The molecule has 2 rings (SSSR count). The monoisotopic (exact) mass is 236 g/mol. The van der Waals surface area contributed by atoms with Crippen LogP contribution in [0.25, 0.3) is 5.65 Å². The van der Waals surface area contributed by atoms with Crippen LogP contribution in [-0.4, -0.2) is 43.6 Å². The molecule has 2 heterocycles. The molecule has 0 spiro atoms. The van der Waals surface area contributed by atoms with Gasteiger partial charge in [-0.25, -0.2) is 4.52 Å². The van der Waals surface area contributed by atoms with Gasteiger partial charge < -0.3 is 15.5 Å². The third-order valence-electron chi connectivity index (χ3n) is 2.66. The molecule has 17 heavy (non-hydrogen) atoms. The Morgan fingerprint density at radius 3 is 2.65 bits per heavy atom. The Labute approximate surface area is 98.9 Å². The van der Waals surface area contributed by atoms with Gasteiger partial charge in [0.25, 0.3) is 0 Å². The smallest absolute Gasteiger partial charge is 0.243 e. The van der Waals surface area contributed by atoms with Gasteiger partial charge in [-0.3, -0.25) is 0 Å². The number of hydrogen-bond acceptors (Lipinski definition) is 5. The normalized spacial score (nSPS) is 12.0. The zero-order chi connectivity index (χ0) is 12.5. The molecule has 2 aromatic rings. The standard InChI is InChI=1S/C11H16N4O2/c1-8-4-3-5-9-12-10(14-15(8)9)13-11(2,6-16)7-17/h3-5,16-17H,6-7H2,1-2H3,(H,13,14). The van der Waals surface area contributed by atoms with Crippen molar-refractivity contribution >= 4 is 11.6 Å². The highest BCUT2D eigenvalue weighted by Crippen LogP contribution is 2.13. The number of aromatic nitrogens is 3. The van der Waals surface area contributed by atoms with Crippen molar-refractivity contribution in [3.05, 3.63) is 23.9 Å². The number of aliphatic hydroxyl groups is 2. The largest absolute Gasteiger partial charge is 0.394 e. The molecule has 0 aliphatic rings. The van der Waals surface area contributed by atoms with Gasteiger partial charge in [0, 0.05) is 5.69 Å². The third kappa shape index (κ3) is 2.22. The number of anilines is 1. The number of nitrogens with one attached hydrogen (secondary N) is 1. The molecular weight excluding hydrogens is 220 g/mol. The minimum Gasteiger partial charge on any atom is -0.394 e. The predicted octanol–water partition coefficient (Wildman–Crippen LogP) is 0.193. The molecule has 0 unspecified atom stereocenters. The number of rotatable bonds is 4. The maximum Gasteiger partial charge on any atom is 0.243 e. The minimum atomic E-state index is -0.821. The van der Waals surface area contributed by atoms with Crippen molar-refractivity contribution < 1.29 is 10.2 Å². The van der Waals surface area contributed by atoms with E-state index in [4.69, 9.17) is 0 Å². The second kappa shape index (κ2) is 4.31. The fourth-order valence-electron chi connectivity index (χ4n) is 1.49. The summed E-state index contributed by atoms with van der Waals surface area (Å²) in [7, 11) is 0. The van der Waals surface area contributed by atoms with Crippen LogP contribution >= 0.6 is 0 Å². The number of pyridine rings is 1. The molecule has 2 aromatic heterocycles. The molecule has 0 radical (unpaired) electrons. The lowest BCUT2D eigenvalue weighted by molar-refractivity contribution is 0.147. The average Bonchev–Trinajstić information content (AvgIpc) is 2.73. The highest BCUT2D eigenvalue weighted by molar-refractivity contribution is 5.45. The van der Waals surface area contributed by atoms with Gasteiger partial charge in [-0.1, -0.05) is 6.07 Å². The summed E-state index contributed by atoms with van der Waals surface area (Å²) in [4.78, 5) is 4.27. The Morgan fingerprint density at radius 1 is 1.35 bits per heavy atom. The van der Waals surface area contributed by atoms with E-state index in [0.29, 0.717) is 5.95 Å². The first-order valence-corrected chi connectivity index (χ1v) is 5.40. The molecule has 0 fully saturated rings. The fraction of sp³-hybridized carbons (Fsp3) is 0.455. The van der Waals surface area contributed by atoms with Gasteiger partial charge in [0.05, 0.1) is 18.8 Å². The van der Waals surface area contributed by atoms with E-state index in [0.717, 1.165) is 11.3 Å². The first-order chi connectivity index (χ1) is 8.08. The zero-order valence-corrected chi connectivity index (χ0v) is 9.88. The van der Waals surface area contributed by atoms with Crippen LogP contribution in [0.2, 0.25) is 0 Å². The Morgan fingerprint density at radius 2 is 2.06 bits per heavy atom. The van der Waals surface area contributed by atoms with Crippen molar-refractivity contribution in [1.82, 2.24) is 14.6 Å². The molecule has 0 saturated carbocycles. The number of aliphatic hydroxyl groups excluding tert-OH is 2. The maximum atomic E-state index is 9.19. The molecule has 0 aromatic carbocycles. The highest BCUT2D eigenvalue weighted by Gasteiger charge is 2.23. The van der Waals surface area contributed by atoms with Crippen LogP contribution in [-0.2, 0) is 0 Å². The zero-order valence-electron chi connectivity index (χ0n) is 9.88. The van der Waals surface area contributed by atoms with Crippen molar-refractivity contribution in [1.29, 1.82) is 0 Å². The molecule has 92 valence electrons. The van der Waals surface area contributed by atoms with Crippen molar-refractivity contribution in [2.45, 2.75) is 19.4 Å². The van der Waals surface area contributed by atoms with Gasteiger partial charge in [-0.05, 0) is 26.0 Å². The molecule has 0 atom stereocenters. The van der Waals surface area contributed by atoms with Crippen molar-refractivity contribution in [2.24, 2.45) is 0 Å². The summed E-state index contributed by atoms with van der Waals surface area (Å²) in [5.41, 5.74) is 0.877. The van der Waals surface area contributed by atoms with Crippen LogP contribution < -0.4 is 5.32 Å². The topological polar surface area (TPSA) is 82.7 Å². The molecule has 0 amide bonds. The summed E-state index contributed by atoms with van der Waals surface area (Å²) in [5.74, 6) is 0.393. The van der Waals surface area contributed by atoms with Gasteiger partial charge >= 0.3 is 0 Å². The summed E-state index contributed by atoms with van der Waals surface area (Å²) in [6.45, 7) is 3.24. The van der Waals surface area contributed by atoms with Gasteiger partial charge in [-0.2, -0.15) is 4.98 Å². The average molecular weight is 236 g/mol. The lowest BCUT2D eigenvalue weighted by Gasteiger charge is -2.24. The first kappa shape index (κ1) is 11.8. The van der Waals surface area contributed by atoms with Gasteiger partial charge in [0.1, 0.15) is 0 Å². The molecule has 0 aliphatic carbocycles. The second-order valence-corrected chi connectivity index (χ2v) is 4.37. The predicted molar refractivity (Wildman–Crippen MR) is 63.9 cm³/mol. The Kier molecular flexibility index (Phi) is 2.99. The van der Waals surface area contributed by atoms with E-state index < -0.39 is 5.54 Å². The van der Waals surface area contributed by atoms with Crippen LogP contribution in [0.1, 0.15) is 12.6 Å². The van der Waals surface area contributed by atoms with Gasteiger partial charge in [-0.15, -0.1) is 5.10 Å². The third-order valence-corrected chi connectivity index (χ3v) is 2.66. The molecule has 6 heteroatoms. The molecule has 0 bridgehead atoms. The summed E-state index contributed by atoms with van der Waals surface area (Å²) in [6, 6.07) is 5.68. The molecule has 0 aliphatic heterocycles. The van der Waals surface area contributed by atoms with Crippen LogP contribution in [0.3, 0.4) is 0 Å². The highest BCUT2D eigenvalue weighted by atomic mass is 16.3. The van der Waals surface area contributed by atoms with Gasteiger partial charge in [0.2, 0.25) is 5.95 Å². The van der Waals surface area contributed by atoms with E-state index >= 15 is 0 Å². The number of hydrogen-bond donors (Lipinski definition) is 3. The summed E-state index contributed by atoms with van der Waals surface area (Å²) in [6.07, 6.45) is 0.